The van der Waals surface area contributed by atoms with Gasteiger partial charge in [0, 0.05) is 11.3 Å². The van der Waals surface area contributed by atoms with Crippen LogP contribution in [0.5, 0.6) is 11.5 Å². The van der Waals surface area contributed by atoms with Gasteiger partial charge in [-0.25, -0.2) is 4.39 Å². The molecule has 0 spiro atoms. The van der Waals surface area contributed by atoms with E-state index in [1.165, 1.54) is 42.3 Å². The van der Waals surface area contributed by atoms with E-state index in [9.17, 15) is 19.1 Å². The highest BCUT2D eigenvalue weighted by molar-refractivity contribution is 6.52. The topological polar surface area (TPSA) is 76.1 Å². The molecule has 1 amide bonds. The first-order chi connectivity index (χ1) is 17.6. The maximum absolute atomic E-state index is 13.8. The first-order valence-corrected chi connectivity index (χ1v) is 12.1. The highest BCUT2D eigenvalue weighted by Crippen LogP contribution is 2.44. The molecule has 1 heterocycles. The molecule has 1 aliphatic rings. The summed E-state index contributed by atoms with van der Waals surface area (Å²) in [6.07, 6.45) is 0. The molecule has 1 N–H and O–H groups in total. The molecule has 0 radical (unpaired) electrons. The number of methoxy groups -OCH3 is 2. The molecule has 4 rings (SSSR count). The Morgan fingerprint density at radius 3 is 2.22 bits per heavy atom. The third-order valence-electron chi connectivity index (χ3n) is 6.50. The quantitative estimate of drug-likeness (QED) is 0.225. The Morgan fingerprint density at radius 1 is 1.00 bits per heavy atom. The van der Waals surface area contributed by atoms with Gasteiger partial charge in [0.25, 0.3) is 11.7 Å². The van der Waals surface area contributed by atoms with E-state index in [0.717, 1.165) is 5.56 Å². The predicted octanol–water partition coefficient (Wildman–Crippen LogP) is 6.55. The summed E-state index contributed by atoms with van der Waals surface area (Å²) in [6.45, 7) is 5.76. The summed E-state index contributed by atoms with van der Waals surface area (Å²) in [6, 6.07) is 12.7. The molecule has 1 saturated heterocycles. The highest BCUT2D eigenvalue weighted by atomic mass is 35.5. The number of carbonyl (C=O) groups is 2. The van der Waals surface area contributed by atoms with Crippen LogP contribution in [0.1, 0.15) is 48.1 Å². The van der Waals surface area contributed by atoms with Crippen LogP contribution in [-0.4, -0.2) is 31.0 Å². The number of aliphatic hydroxyl groups is 1. The summed E-state index contributed by atoms with van der Waals surface area (Å²) in [5.41, 5.74) is 2.58. The van der Waals surface area contributed by atoms with Crippen molar-refractivity contribution in [1.82, 2.24) is 0 Å². The van der Waals surface area contributed by atoms with E-state index in [1.807, 2.05) is 13.8 Å². The lowest BCUT2D eigenvalue weighted by molar-refractivity contribution is -0.132. The minimum absolute atomic E-state index is 0.0684. The third-order valence-corrected chi connectivity index (χ3v) is 6.79. The van der Waals surface area contributed by atoms with Gasteiger partial charge in [0.15, 0.2) is 0 Å². The first-order valence-electron chi connectivity index (χ1n) is 11.7. The number of hydrogen-bond acceptors (Lipinski definition) is 5. The number of rotatable bonds is 6. The fourth-order valence-electron chi connectivity index (χ4n) is 4.59. The third kappa shape index (κ3) is 4.67. The molecular weight excluding hydrogens is 497 g/mol. The predicted molar refractivity (Wildman–Crippen MR) is 141 cm³/mol. The number of anilines is 1. The molecule has 1 fully saturated rings. The lowest BCUT2D eigenvalue weighted by atomic mass is 9.91. The van der Waals surface area contributed by atoms with E-state index < -0.39 is 23.5 Å². The number of aryl methyl sites for hydroxylation is 1. The maximum Gasteiger partial charge on any atom is 0.300 e. The van der Waals surface area contributed by atoms with Gasteiger partial charge in [0.1, 0.15) is 23.1 Å². The summed E-state index contributed by atoms with van der Waals surface area (Å²) in [4.78, 5) is 28.1. The van der Waals surface area contributed by atoms with Crippen molar-refractivity contribution in [2.45, 2.75) is 32.7 Å². The Labute approximate surface area is 219 Å². The molecule has 0 aromatic heterocycles. The number of halogens is 2. The number of ketones is 1. The first kappa shape index (κ1) is 26.2. The molecule has 1 atom stereocenters. The zero-order chi connectivity index (χ0) is 27.0. The number of aliphatic hydroxyl groups excluding tert-OH is 1. The second kappa shape index (κ2) is 10.3. The van der Waals surface area contributed by atoms with Crippen molar-refractivity contribution in [3.63, 3.8) is 0 Å². The standard InChI is InChI=1S/C29H27ClFNO5/c1-15(2)20-14-21(16(3)12-24(20)37-5)27(33)25-26(17-6-8-18(31)9-7-17)32(29(35)28(25)34)19-10-11-23(36-4)22(30)13-19/h6-15,26,33H,1-5H3/b27-25+. The normalized spacial score (nSPS) is 17.0. The van der Waals surface area contributed by atoms with Crippen molar-refractivity contribution >= 4 is 34.7 Å². The number of ether oxygens (including phenoxy) is 2. The Hall–Kier alpha value is -3.84. The fourth-order valence-corrected chi connectivity index (χ4v) is 4.84. The van der Waals surface area contributed by atoms with Crippen molar-refractivity contribution in [1.29, 1.82) is 0 Å². The highest BCUT2D eigenvalue weighted by Gasteiger charge is 2.47. The molecule has 0 bridgehead atoms. The molecule has 192 valence electrons. The van der Waals surface area contributed by atoms with Crippen LogP contribution >= 0.6 is 11.6 Å². The molecule has 3 aromatic carbocycles. The number of amides is 1. The van der Waals surface area contributed by atoms with Crippen LogP contribution in [-0.2, 0) is 9.59 Å². The van der Waals surface area contributed by atoms with Gasteiger partial charge in [-0.2, -0.15) is 0 Å². The minimum Gasteiger partial charge on any atom is -0.507 e. The Bertz CT molecular complexity index is 1410. The second-order valence-electron chi connectivity index (χ2n) is 9.10. The van der Waals surface area contributed by atoms with Crippen LogP contribution in [0.3, 0.4) is 0 Å². The minimum atomic E-state index is -1.02. The van der Waals surface area contributed by atoms with Crippen LogP contribution in [0, 0.1) is 12.7 Å². The average Bonchev–Trinajstić information content (AvgIpc) is 3.13. The van der Waals surface area contributed by atoms with Gasteiger partial charge >= 0.3 is 0 Å². The van der Waals surface area contributed by atoms with E-state index in [0.29, 0.717) is 33.9 Å². The van der Waals surface area contributed by atoms with Crippen LogP contribution in [0.4, 0.5) is 10.1 Å². The molecule has 3 aromatic rings. The van der Waals surface area contributed by atoms with Gasteiger partial charge in [-0.3, -0.25) is 14.5 Å². The van der Waals surface area contributed by atoms with Gasteiger partial charge in [-0.15, -0.1) is 0 Å². The molecule has 1 unspecified atom stereocenters. The number of hydrogen-bond donors (Lipinski definition) is 1. The van der Waals surface area contributed by atoms with Gasteiger partial charge in [-0.1, -0.05) is 37.6 Å². The van der Waals surface area contributed by atoms with Crippen LogP contribution in [0.15, 0.2) is 60.2 Å². The van der Waals surface area contributed by atoms with Crippen molar-refractivity contribution < 1.29 is 28.6 Å². The summed E-state index contributed by atoms with van der Waals surface area (Å²) in [5.74, 6) is -1.37. The second-order valence-corrected chi connectivity index (χ2v) is 9.51. The van der Waals surface area contributed by atoms with Crippen molar-refractivity contribution in [3.05, 3.63) is 93.3 Å². The van der Waals surface area contributed by atoms with Crippen LogP contribution < -0.4 is 14.4 Å². The van der Waals surface area contributed by atoms with Crippen molar-refractivity contribution in [3.8, 4) is 11.5 Å². The number of benzene rings is 3. The van der Waals surface area contributed by atoms with Crippen molar-refractivity contribution in [2.24, 2.45) is 0 Å². The molecule has 8 heteroatoms. The largest absolute Gasteiger partial charge is 0.507 e. The monoisotopic (exact) mass is 523 g/mol. The Kier molecular flexibility index (Phi) is 7.28. The molecule has 0 aliphatic carbocycles. The van der Waals surface area contributed by atoms with Gasteiger partial charge in [-0.05, 0) is 72.0 Å². The molecule has 37 heavy (non-hydrogen) atoms. The Balaban J connectivity index is 1.98. The van der Waals surface area contributed by atoms with Gasteiger partial charge < -0.3 is 14.6 Å². The van der Waals surface area contributed by atoms with Gasteiger partial charge in [0.2, 0.25) is 0 Å². The molecule has 1 aliphatic heterocycles. The van der Waals surface area contributed by atoms with Gasteiger partial charge in [0.05, 0.1) is 30.9 Å². The fraction of sp³-hybridized carbons (Fsp3) is 0.241. The summed E-state index contributed by atoms with van der Waals surface area (Å²) >= 11 is 6.33. The zero-order valence-corrected chi connectivity index (χ0v) is 21.9. The number of carbonyl (C=O) groups excluding carboxylic acids is 2. The van der Waals surface area contributed by atoms with E-state index in [4.69, 9.17) is 21.1 Å². The number of Topliss-reactive ketones (excluding diaryl/α,β-unsaturated/α-hetero) is 1. The summed E-state index contributed by atoms with van der Waals surface area (Å²) in [5, 5.41) is 11.8. The SMILES string of the molecule is COc1ccc(N2C(=O)C(=O)/C(=C(/O)c3cc(C(C)C)c(OC)cc3C)C2c2ccc(F)cc2)cc1Cl. The smallest absolute Gasteiger partial charge is 0.300 e. The van der Waals surface area contributed by atoms with Crippen molar-refractivity contribution in [2.75, 3.05) is 19.1 Å². The zero-order valence-electron chi connectivity index (χ0n) is 21.1. The molecular formula is C29H27ClFNO5. The molecule has 6 nitrogen and oxygen atoms in total. The number of nitrogens with zero attached hydrogens (tertiary/aromatic N) is 1. The summed E-state index contributed by atoms with van der Waals surface area (Å²) in [7, 11) is 3.04. The van der Waals surface area contributed by atoms with E-state index in [2.05, 4.69) is 0 Å². The van der Waals surface area contributed by atoms with Crippen LogP contribution in [0.25, 0.3) is 5.76 Å². The maximum atomic E-state index is 13.8. The Morgan fingerprint density at radius 2 is 1.65 bits per heavy atom. The summed E-state index contributed by atoms with van der Waals surface area (Å²) < 4.78 is 24.5. The van der Waals surface area contributed by atoms with E-state index in [-0.39, 0.29) is 22.3 Å². The van der Waals surface area contributed by atoms with E-state index >= 15 is 0 Å². The lowest BCUT2D eigenvalue weighted by Gasteiger charge is -2.26. The van der Waals surface area contributed by atoms with Crippen LogP contribution in [0.2, 0.25) is 5.02 Å². The lowest BCUT2D eigenvalue weighted by Crippen LogP contribution is -2.29. The average molecular weight is 524 g/mol. The van der Waals surface area contributed by atoms with E-state index in [1.54, 1.807) is 38.3 Å². The molecule has 0 saturated carbocycles.